The van der Waals surface area contributed by atoms with E-state index in [4.69, 9.17) is 55.9 Å². The maximum absolute atomic E-state index is 13.1. The number of hydrogen-bond donors (Lipinski definition) is 0. The lowest BCUT2D eigenvalue weighted by Crippen LogP contribution is -2.08. The molecular formula is C27H10BrCl4NO4S2. The zero-order valence-corrected chi connectivity index (χ0v) is 25.3. The van der Waals surface area contributed by atoms with E-state index in [1.807, 2.05) is 0 Å². The van der Waals surface area contributed by atoms with E-state index in [0.717, 1.165) is 14.8 Å². The third kappa shape index (κ3) is 5.11. The van der Waals surface area contributed by atoms with Crippen LogP contribution in [0.5, 0.6) is 5.75 Å². The van der Waals surface area contributed by atoms with E-state index < -0.39 is 11.9 Å². The molecule has 3 aromatic carbocycles. The number of aliphatic imine (C=N–C) groups is 1. The Morgan fingerprint density at radius 2 is 1.56 bits per heavy atom. The molecule has 0 amide bonds. The highest BCUT2D eigenvalue weighted by molar-refractivity contribution is 9.10. The van der Waals surface area contributed by atoms with Crippen molar-refractivity contribution < 1.29 is 19.1 Å². The Morgan fingerprint density at radius 1 is 0.897 bits per heavy atom. The highest BCUT2D eigenvalue weighted by Crippen LogP contribution is 2.40. The summed E-state index contributed by atoms with van der Waals surface area (Å²) in [5, 5.41) is 3.28. The van der Waals surface area contributed by atoms with Crippen molar-refractivity contribution in [3.8, 4) is 5.75 Å². The molecule has 3 heterocycles. The van der Waals surface area contributed by atoms with Crippen LogP contribution in [0.15, 0.2) is 69.8 Å². The SMILES string of the molecule is O=C1OC(c2sc3cc(Cl)ccc3c2Cl)=N/C1=C/c1cc(Br)ccc1OC(=O)c1sc2cc(Cl)ccc2c1Cl. The van der Waals surface area contributed by atoms with E-state index in [1.165, 1.54) is 28.7 Å². The van der Waals surface area contributed by atoms with Gasteiger partial charge in [0.2, 0.25) is 5.90 Å². The van der Waals surface area contributed by atoms with Crippen molar-refractivity contribution in [3.05, 3.63) is 100 Å². The zero-order valence-electron chi connectivity index (χ0n) is 19.1. The van der Waals surface area contributed by atoms with Crippen LogP contribution in [0.1, 0.15) is 20.1 Å². The molecule has 6 rings (SSSR count). The molecule has 5 aromatic rings. The van der Waals surface area contributed by atoms with Gasteiger partial charge < -0.3 is 9.47 Å². The molecule has 1 aliphatic rings. The number of esters is 2. The predicted octanol–water partition coefficient (Wildman–Crippen LogP) is 10.1. The molecule has 0 saturated heterocycles. The number of carbonyl (C=O) groups is 2. The maximum Gasteiger partial charge on any atom is 0.363 e. The molecule has 0 radical (unpaired) electrons. The van der Waals surface area contributed by atoms with Crippen molar-refractivity contribution in [2.24, 2.45) is 4.99 Å². The van der Waals surface area contributed by atoms with Gasteiger partial charge in [-0.3, -0.25) is 0 Å². The number of cyclic esters (lactones) is 1. The molecule has 0 N–H and O–H groups in total. The molecule has 0 fully saturated rings. The van der Waals surface area contributed by atoms with Crippen LogP contribution in [0.25, 0.3) is 26.2 Å². The van der Waals surface area contributed by atoms with Crippen LogP contribution < -0.4 is 4.74 Å². The Balaban J connectivity index is 1.35. The standard InChI is InChI=1S/C27H10BrCl4NO4S2/c28-12-1-6-18(36-27(35)24-22(32)16-5-3-14(30)10-20(16)39-24)11(7-12)8-17-26(34)37-25(33-17)23-21(31)15-4-2-13(29)9-19(15)38-23/h1-10H/b17-8+. The third-order valence-electron chi connectivity index (χ3n) is 5.65. The first-order valence-electron chi connectivity index (χ1n) is 11.0. The van der Waals surface area contributed by atoms with Gasteiger partial charge in [0.25, 0.3) is 0 Å². The second-order valence-electron chi connectivity index (χ2n) is 8.18. The van der Waals surface area contributed by atoms with Crippen LogP contribution >= 0.6 is 85.0 Å². The van der Waals surface area contributed by atoms with Crippen molar-refractivity contribution in [3.63, 3.8) is 0 Å². The van der Waals surface area contributed by atoms with Gasteiger partial charge in [0.05, 0.1) is 10.0 Å². The van der Waals surface area contributed by atoms with Crippen LogP contribution in [0.4, 0.5) is 0 Å². The molecular weight excluding hydrogens is 688 g/mol. The summed E-state index contributed by atoms with van der Waals surface area (Å²) < 4.78 is 13.4. The van der Waals surface area contributed by atoms with Gasteiger partial charge in [0.15, 0.2) is 5.70 Å². The lowest BCUT2D eigenvalue weighted by atomic mass is 10.1. The Hall–Kier alpha value is -2.43. The van der Waals surface area contributed by atoms with Gasteiger partial charge in [-0.1, -0.05) is 74.5 Å². The molecule has 0 atom stereocenters. The van der Waals surface area contributed by atoms with Crippen LogP contribution in [-0.2, 0) is 9.53 Å². The Morgan fingerprint density at radius 3 is 2.28 bits per heavy atom. The van der Waals surface area contributed by atoms with E-state index in [0.29, 0.717) is 35.4 Å². The number of carbonyl (C=O) groups excluding carboxylic acids is 2. The van der Waals surface area contributed by atoms with Crippen LogP contribution in [0.2, 0.25) is 20.1 Å². The smallest absolute Gasteiger partial charge is 0.363 e. The predicted molar refractivity (Wildman–Crippen MR) is 163 cm³/mol. The van der Waals surface area contributed by atoms with Crippen molar-refractivity contribution >= 4 is 129 Å². The number of ether oxygens (including phenoxy) is 2. The number of benzene rings is 3. The first kappa shape index (κ1) is 26.8. The molecule has 39 heavy (non-hydrogen) atoms. The highest BCUT2D eigenvalue weighted by atomic mass is 79.9. The van der Waals surface area contributed by atoms with E-state index in [1.54, 1.807) is 54.6 Å². The van der Waals surface area contributed by atoms with Crippen molar-refractivity contribution in [2.45, 2.75) is 0 Å². The Kier molecular flexibility index (Phi) is 7.22. The van der Waals surface area contributed by atoms with Crippen LogP contribution in [0.3, 0.4) is 0 Å². The average Bonchev–Trinajstić information content (AvgIpc) is 3.53. The normalized spacial score (nSPS) is 14.3. The van der Waals surface area contributed by atoms with Crippen molar-refractivity contribution in [2.75, 3.05) is 0 Å². The van der Waals surface area contributed by atoms with Gasteiger partial charge in [-0.25, -0.2) is 14.6 Å². The fraction of sp³-hybridized carbons (Fsp3) is 0. The van der Waals surface area contributed by atoms with E-state index >= 15 is 0 Å². The lowest BCUT2D eigenvalue weighted by molar-refractivity contribution is -0.129. The van der Waals surface area contributed by atoms with Gasteiger partial charge in [0.1, 0.15) is 15.5 Å². The lowest BCUT2D eigenvalue weighted by Gasteiger charge is -2.08. The molecule has 0 aliphatic carbocycles. The van der Waals surface area contributed by atoms with Gasteiger partial charge >= 0.3 is 11.9 Å². The quantitative estimate of drug-likeness (QED) is 0.107. The summed E-state index contributed by atoms with van der Waals surface area (Å²) in [6.07, 6.45) is 1.48. The van der Waals surface area contributed by atoms with Gasteiger partial charge in [0, 0.05) is 40.3 Å². The van der Waals surface area contributed by atoms with E-state index in [9.17, 15) is 9.59 Å². The average molecular weight is 698 g/mol. The molecule has 2 aromatic heterocycles. The molecule has 0 unspecified atom stereocenters. The molecule has 194 valence electrons. The van der Waals surface area contributed by atoms with Gasteiger partial charge in [-0.15, -0.1) is 22.7 Å². The van der Waals surface area contributed by atoms with Crippen LogP contribution in [0, 0.1) is 0 Å². The maximum atomic E-state index is 13.1. The monoisotopic (exact) mass is 695 g/mol. The minimum absolute atomic E-state index is 0.0153. The fourth-order valence-corrected chi connectivity index (χ4v) is 7.63. The molecule has 0 saturated carbocycles. The second kappa shape index (κ2) is 10.5. The number of halogens is 5. The molecule has 0 spiro atoms. The van der Waals surface area contributed by atoms with E-state index in [2.05, 4.69) is 20.9 Å². The number of rotatable bonds is 4. The Labute approximate surface area is 257 Å². The topological polar surface area (TPSA) is 65.0 Å². The van der Waals surface area contributed by atoms with E-state index in [-0.39, 0.29) is 27.2 Å². The summed E-state index contributed by atoms with van der Waals surface area (Å²) in [5.41, 5.74) is 0.436. The number of thiophene rings is 2. The van der Waals surface area contributed by atoms with Crippen molar-refractivity contribution in [1.29, 1.82) is 0 Å². The molecule has 1 aliphatic heterocycles. The largest absolute Gasteiger partial charge is 0.422 e. The second-order valence-corrected chi connectivity index (χ2v) is 12.8. The van der Waals surface area contributed by atoms with Crippen molar-refractivity contribution in [1.82, 2.24) is 0 Å². The summed E-state index contributed by atoms with van der Waals surface area (Å²) in [6, 6.07) is 15.5. The number of nitrogens with zero attached hydrogens (tertiary/aromatic N) is 1. The number of hydrogen-bond acceptors (Lipinski definition) is 7. The highest BCUT2D eigenvalue weighted by Gasteiger charge is 2.29. The first-order chi connectivity index (χ1) is 18.7. The summed E-state index contributed by atoms with van der Waals surface area (Å²) in [4.78, 5) is 31.0. The summed E-state index contributed by atoms with van der Waals surface area (Å²) in [6.45, 7) is 0. The zero-order chi connectivity index (χ0) is 27.4. The summed E-state index contributed by atoms with van der Waals surface area (Å²) >= 11 is 31.1. The first-order valence-corrected chi connectivity index (χ1v) is 14.9. The number of fused-ring (bicyclic) bond motifs is 2. The van der Waals surface area contributed by atoms with Gasteiger partial charge in [-0.05, 0) is 48.5 Å². The molecule has 0 bridgehead atoms. The molecule has 12 heteroatoms. The molecule has 5 nitrogen and oxygen atoms in total. The van der Waals surface area contributed by atoms with Crippen LogP contribution in [-0.4, -0.2) is 17.8 Å². The van der Waals surface area contributed by atoms with Gasteiger partial charge in [-0.2, -0.15) is 0 Å². The summed E-state index contributed by atoms with van der Waals surface area (Å²) in [7, 11) is 0. The minimum Gasteiger partial charge on any atom is -0.422 e. The Bertz CT molecular complexity index is 1930. The summed E-state index contributed by atoms with van der Waals surface area (Å²) in [5.74, 6) is -1.03. The third-order valence-corrected chi connectivity index (χ3v) is 9.90. The minimum atomic E-state index is -0.668. The fourth-order valence-electron chi connectivity index (χ4n) is 3.87.